The summed E-state index contributed by atoms with van der Waals surface area (Å²) < 4.78 is 16.3. The molecule has 18 heavy (non-hydrogen) atoms. The number of ether oxygens (including phenoxy) is 3. The van der Waals surface area contributed by atoms with Gasteiger partial charge >= 0.3 is 5.97 Å². The Kier molecular flexibility index (Phi) is 3.20. The van der Waals surface area contributed by atoms with Gasteiger partial charge in [-0.3, -0.25) is 4.79 Å². The van der Waals surface area contributed by atoms with Gasteiger partial charge in [0.15, 0.2) is 0 Å². The third kappa shape index (κ3) is 2.58. The van der Waals surface area contributed by atoms with E-state index < -0.39 is 0 Å². The Bertz CT molecular complexity index is 477. The van der Waals surface area contributed by atoms with Crippen LogP contribution in [-0.2, 0) is 11.2 Å². The van der Waals surface area contributed by atoms with Crippen molar-refractivity contribution in [3.8, 4) is 17.2 Å². The van der Waals surface area contributed by atoms with Gasteiger partial charge < -0.3 is 14.2 Å². The standard InChI is InChI=1S/C14H18O4/c1-9(15)17-10-7-12(16-4)11-5-6-14(2,3)18-13(11)8-10/h7-8H,5-6H2,1-4H3. The molecule has 1 aliphatic rings. The van der Waals surface area contributed by atoms with Gasteiger partial charge in [-0.15, -0.1) is 0 Å². The van der Waals surface area contributed by atoms with Crippen molar-refractivity contribution in [3.05, 3.63) is 17.7 Å². The van der Waals surface area contributed by atoms with Crippen molar-refractivity contribution in [1.82, 2.24) is 0 Å². The molecular weight excluding hydrogens is 232 g/mol. The second-order valence-corrected chi connectivity index (χ2v) is 5.06. The monoisotopic (exact) mass is 250 g/mol. The smallest absolute Gasteiger partial charge is 0.308 e. The van der Waals surface area contributed by atoms with Crippen LogP contribution in [0.15, 0.2) is 12.1 Å². The highest BCUT2D eigenvalue weighted by molar-refractivity contribution is 5.70. The van der Waals surface area contributed by atoms with E-state index in [1.165, 1.54) is 6.92 Å². The average molecular weight is 250 g/mol. The van der Waals surface area contributed by atoms with Gasteiger partial charge in [-0.2, -0.15) is 0 Å². The largest absolute Gasteiger partial charge is 0.496 e. The predicted molar refractivity (Wildman–Crippen MR) is 67.3 cm³/mol. The molecule has 2 rings (SSSR count). The fourth-order valence-electron chi connectivity index (χ4n) is 2.11. The molecule has 1 heterocycles. The number of fused-ring (bicyclic) bond motifs is 1. The maximum Gasteiger partial charge on any atom is 0.308 e. The molecule has 98 valence electrons. The Morgan fingerprint density at radius 1 is 1.39 bits per heavy atom. The SMILES string of the molecule is COc1cc(OC(C)=O)cc2c1CCC(C)(C)O2. The Labute approximate surface area is 107 Å². The zero-order chi connectivity index (χ0) is 13.3. The number of esters is 1. The van der Waals surface area contributed by atoms with Gasteiger partial charge in [0.05, 0.1) is 7.11 Å². The number of carbonyl (C=O) groups excluding carboxylic acids is 1. The van der Waals surface area contributed by atoms with E-state index in [4.69, 9.17) is 14.2 Å². The van der Waals surface area contributed by atoms with Gasteiger partial charge in [0.2, 0.25) is 0 Å². The topological polar surface area (TPSA) is 44.8 Å². The van der Waals surface area contributed by atoms with E-state index in [1.807, 2.05) is 13.8 Å². The molecule has 0 unspecified atom stereocenters. The molecule has 1 aromatic carbocycles. The predicted octanol–water partition coefficient (Wildman–Crippen LogP) is 2.72. The van der Waals surface area contributed by atoms with Gasteiger partial charge in [-0.1, -0.05) is 0 Å². The molecule has 4 heteroatoms. The Balaban J connectivity index is 2.42. The van der Waals surface area contributed by atoms with Gasteiger partial charge in [-0.25, -0.2) is 0 Å². The third-order valence-electron chi connectivity index (χ3n) is 2.99. The number of carbonyl (C=O) groups is 1. The summed E-state index contributed by atoms with van der Waals surface area (Å²) >= 11 is 0. The van der Waals surface area contributed by atoms with Crippen LogP contribution in [0.1, 0.15) is 32.8 Å². The summed E-state index contributed by atoms with van der Waals surface area (Å²) in [7, 11) is 1.60. The normalized spacial score (nSPS) is 16.4. The summed E-state index contributed by atoms with van der Waals surface area (Å²) in [5, 5.41) is 0. The minimum Gasteiger partial charge on any atom is -0.496 e. The Morgan fingerprint density at radius 3 is 2.72 bits per heavy atom. The van der Waals surface area contributed by atoms with E-state index in [2.05, 4.69) is 0 Å². The van der Waals surface area contributed by atoms with Crippen molar-refractivity contribution < 1.29 is 19.0 Å². The van der Waals surface area contributed by atoms with Gasteiger partial charge in [0.25, 0.3) is 0 Å². The molecule has 0 aromatic heterocycles. The summed E-state index contributed by atoms with van der Waals surface area (Å²) in [6.45, 7) is 5.46. The van der Waals surface area contributed by atoms with E-state index in [-0.39, 0.29) is 11.6 Å². The lowest BCUT2D eigenvalue weighted by Crippen LogP contribution is -2.32. The van der Waals surface area contributed by atoms with Crippen molar-refractivity contribution in [1.29, 1.82) is 0 Å². The fraction of sp³-hybridized carbons (Fsp3) is 0.500. The molecule has 0 bridgehead atoms. The summed E-state index contributed by atoms with van der Waals surface area (Å²) in [6, 6.07) is 3.47. The zero-order valence-corrected chi connectivity index (χ0v) is 11.2. The first-order chi connectivity index (χ1) is 8.41. The summed E-state index contributed by atoms with van der Waals surface area (Å²) in [5.74, 6) is 1.55. The first-order valence-electron chi connectivity index (χ1n) is 5.99. The molecule has 1 aromatic rings. The van der Waals surface area contributed by atoms with E-state index in [0.29, 0.717) is 11.5 Å². The second kappa shape index (κ2) is 4.52. The molecule has 0 amide bonds. The first-order valence-corrected chi connectivity index (χ1v) is 5.99. The lowest BCUT2D eigenvalue weighted by molar-refractivity contribution is -0.131. The fourth-order valence-corrected chi connectivity index (χ4v) is 2.11. The van der Waals surface area contributed by atoms with Crippen molar-refractivity contribution in [2.75, 3.05) is 7.11 Å². The molecule has 0 spiro atoms. The highest BCUT2D eigenvalue weighted by Gasteiger charge is 2.29. The van der Waals surface area contributed by atoms with Crippen LogP contribution in [0.4, 0.5) is 0 Å². The van der Waals surface area contributed by atoms with Crippen LogP contribution in [0.3, 0.4) is 0 Å². The molecule has 0 radical (unpaired) electrons. The summed E-state index contributed by atoms with van der Waals surface area (Å²) in [5.41, 5.74) is 0.833. The van der Waals surface area contributed by atoms with Crippen molar-refractivity contribution in [2.45, 2.75) is 39.2 Å². The maximum absolute atomic E-state index is 11.0. The van der Waals surface area contributed by atoms with Crippen molar-refractivity contribution in [3.63, 3.8) is 0 Å². The van der Waals surface area contributed by atoms with Crippen LogP contribution in [0, 0.1) is 0 Å². The molecule has 4 nitrogen and oxygen atoms in total. The lowest BCUT2D eigenvalue weighted by Gasteiger charge is -2.33. The van der Waals surface area contributed by atoms with E-state index in [1.54, 1.807) is 19.2 Å². The Morgan fingerprint density at radius 2 is 2.11 bits per heavy atom. The molecule has 0 saturated carbocycles. The molecule has 0 atom stereocenters. The van der Waals surface area contributed by atoms with E-state index in [9.17, 15) is 4.79 Å². The second-order valence-electron chi connectivity index (χ2n) is 5.06. The van der Waals surface area contributed by atoms with E-state index >= 15 is 0 Å². The van der Waals surface area contributed by atoms with Crippen LogP contribution >= 0.6 is 0 Å². The molecule has 0 aliphatic carbocycles. The van der Waals surface area contributed by atoms with Gasteiger partial charge in [-0.05, 0) is 26.7 Å². The minimum absolute atomic E-state index is 0.202. The lowest BCUT2D eigenvalue weighted by atomic mass is 9.93. The highest BCUT2D eigenvalue weighted by atomic mass is 16.5. The average Bonchev–Trinajstić information content (AvgIpc) is 2.25. The number of rotatable bonds is 2. The molecule has 1 aliphatic heterocycles. The minimum atomic E-state index is -0.355. The quantitative estimate of drug-likeness (QED) is 0.598. The van der Waals surface area contributed by atoms with Crippen LogP contribution in [0.2, 0.25) is 0 Å². The summed E-state index contributed by atoms with van der Waals surface area (Å²) in [6.07, 6.45) is 1.83. The molecule has 0 fully saturated rings. The maximum atomic E-state index is 11.0. The van der Waals surface area contributed by atoms with Gasteiger partial charge in [0.1, 0.15) is 22.8 Å². The van der Waals surface area contributed by atoms with Crippen LogP contribution in [-0.4, -0.2) is 18.7 Å². The third-order valence-corrected chi connectivity index (χ3v) is 2.99. The number of hydrogen-bond donors (Lipinski definition) is 0. The highest BCUT2D eigenvalue weighted by Crippen LogP contribution is 2.41. The number of hydrogen-bond acceptors (Lipinski definition) is 4. The van der Waals surface area contributed by atoms with Crippen LogP contribution < -0.4 is 14.2 Å². The van der Waals surface area contributed by atoms with Crippen molar-refractivity contribution >= 4 is 5.97 Å². The van der Waals surface area contributed by atoms with E-state index in [0.717, 1.165) is 24.2 Å². The van der Waals surface area contributed by atoms with Crippen LogP contribution in [0.25, 0.3) is 0 Å². The molecular formula is C14H18O4. The number of benzene rings is 1. The molecule has 0 N–H and O–H groups in total. The number of methoxy groups -OCH3 is 1. The first kappa shape index (κ1) is 12.7. The van der Waals surface area contributed by atoms with Gasteiger partial charge in [0, 0.05) is 24.6 Å². The zero-order valence-electron chi connectivity index (χ0n) is 11.2. The summed E-state index contributed by atoms with van der Waals surface area (Å²) in [4.78, 5) is 11.0. The Hall–Kier alpha value is -1.71. The molecule has 0 saturated heterocycles. The van der Waals surface area contributed by atoms with Crippen LogP contribution in [0.5, 0.6) is 17.2 Å². The van der Waals surface area contributed by atoms with Crippen molar-refractivity contribution in [2.24, 2.45) is 0 Å².